The van der Waals surface area contributed by atoms with Gasteiger partial charge in [0.1, 0.15) is 0 Å². The number of alkyl halides is 3. The molecule has 0 spiro atoms. The summed E-state index contributed by atoms with van der Waals surface area (Å²) in [6.45, 7) is 4.08. The van der Waals surface area contributed by atoms with Crippen molar-refractivity contribution in [3.63, 3.8) is 0 Å². The van der Waals surface area contributed by atoms with E-state index in [0.29, 0.717) is 29.7 Å². The average molecular weight is 395 g/mol. The van der Waals surface area contributed by atoms with Gasteiger partial charge in [-0.1, -0.05) is 26.7 Å². The van der Waals surface area contributed by atoms with Crippen molar-refractivity contribution in [2.24, 2.45) is 5.41 Å². The van der Waals surface area contributed by atoms with Gasteiger partial charge in [-0.25, -0.2) is 0 Å². The maximum atomic E-state index is 14.3. The molecule has 0 saturated heterocycles. The highest BCUT2D eigenvalue weighted by Crippen LogP contribution is 2.51. The third kappa shape index (κ3) is 3.42. The molecule has 0 aromatic carbocycles. The van der Waals surface area contributed by atoms with E-state index in [9.17, 15) is 18.3 Å². The highest BCUT2D eigenvalue weighted by Gasteiger charge is 2.44. The molecule has 1 unspecified atom stereocenters. The number of nitrogens with zero attached hydrogens (tertiary/aromatic N) is 1. The van der Waals surface area contributed by atoms with E-state index in [2.05, 4.69) is 4.98 Å². The molecule has 146 valence electrons. The van der Waals surface area contributed by atoms with Crippen LogP contribution in [0, 0.1) is 5.41 Å². The quantitative estimate of drug-likeness (QED) is 0.630. The van der Waals surface area contributed by atoms with Gasteiger partial charge in [0.25, 0.3) is 0 Å². The van der Waals surface area contributed by atoms with Crippen LogP contribution in [0.15, 0.2) is 16.8 Å². The molecule has 2 aliphatic carbocycles. The summed E-state index contributed by atoms with van der Waals surface area (Å²) < 4.78 is 42.9. The first-order chi connectivity index (χ1) is 12.7. The minimum atomic E-state index is -4.50. The van der Waals surface area contributed by atoms with Gasteiger partial charge >= 0.3 is 6.18 Å². The summed E-state index contributed by atoms with van der Waals surface area (Å²) >= 11 is 1.37. The molecule has 0 radical (unpaired) electrons. The van der Waals surface area contributed by atoms with Gasteiger partial charge in [0.05, 0.1) is 17.4 Å². The van der Waals surface area contributed by atoms with Gasteiger partial charge in [-0.2, -0.15) is 24.5 Å². The van der Waals surface area contributed by atoms with E-state index in [0.717, 1.165) is 25.7 Å². The number of thiophene rings is 1. The van der Waals surface area contributed by atoms with Crippen LogP contribution in [0.4, 0.5) is 13.2 Å². The summed E-state index contributed by atoms with van der Waals surface area (Å²) in [5, 5.41) is 14.4. The molecule has 2 nitrogen and oxygen atoms in total. The molecule has 0 bridgehead atoms. The maximum Gasteiger partial charge on any atom is 0.418 e. The molecule has 2 aromatic heterocycles. The molecule has 4 rings (SSSR count). The molecule has 27 heavy (non-hydrogen) atoms. The lowest BCUT2D eigenvalue weighted by Gasteiger charge is -2.37. The molecule has 1 atom stereocenters. The molecule has 1 fully saturated rings. The Morgan fingerprint density at radius 2 is 1.93 bits per heavy atom. The number of aromatic nitrogens is 1. The lowest BCUT2D eigenvalue weighted by atomic mass is 9.72. The van der Waals surface area contributed by atoms with Crippen molar-refractivity contribution in [1.29, 1.82) is 0 Å². The van der Waals surface area contributed by atoms with Gasteiger partial charge in [-0.05, 0) is 53.5 Å². The highest BCUT2D eigenvalue weighted by molar-refractivity contribution is 7.08. The molecule has 2 aliphatic rings. The van der Waals surface area contributed by atoms with E-state index in [-0.39, 0.29) is 22.6 Å². The Bertz CT molecular complexity index is 836. The summed E-state index contributed by atoms with van der Waals surface area (Å²) in [6.07, 6.45) is -0.985. The number of pyridine rings is 1. The third-order valence-corrected chi connectivity index (χ3v) is 6.59. The van der Waals surface area contributed by atoms with Gasteiger partial charge in [-0.3, -0.25) is 4.98 Å². The lowest BCUT2D eigenvalue weighted by molar-refractivity contribution is -0.138. The number of fused-ring (bicyclic) bond motifs is 1. The van der Waals surface area contributed by atoms with Gasteiger partial charge < -0.3 is 5.11 Å². The first kappa shape index (κ1) is 18.9. The topological polar surface area (TPSA) is 33.1 Å². The molecular weight excluding hydrogens is 371 g/mol. The zero-order valence-corrected chi connectivity index (χ0v) is 16.4. The number of aliphatic hydroxyl groups is 1. The van der Waals surface area contributed by atoms with Crippen molar-refractivity contribution in [3.8, 4) is 11.1 Å². The molecule has 0 aliphatic heterocycles. The van der Waals surface area contributed by atoms with Gasteiger partial charge in [0, 0.05) is 22.7 Å². The number of hydrogen-bond acceptors (Lipinski definition) is 3. The molecule has 2 heterocycles. The van der Waals surface area contributed by atoms with E-state index in [1.165, 1.54) is 11.3 Å². The Balaban J connectivity index is 2.05. The van der Waals surface area contributed by atoms with Crippen molar-refractivity contribution < 1.29 is 18.3 Å². The monoisotopic (exact) mass is 395 g/mol. The summed E-state index contributed by atoms with van der Waals surface area (Å²) in [5.41, 5.74) is 1.15. The van der Waals surface area contributed by atoms with E-state index < -0.39 is 17.8 Å². The number of aliphatic hydroxyl groups excluding tert-OH is 1. The van der Waals surface area contributed by atoms with Crippen LogP contribution < -0.4 is 0 Å². The van der Waals surface area contributed by atoms with Crippen LogP contribution in [-0.4, -0.2) is 10.1 Å². The molecule has 1 saturated carbocycles. The highest BCUT2D eigenvalue weighted by atomic mass is 32.1. The fourth-order valence-electron chi connectivity index (χ4n) is 4.80. The van der Waals surface area contributed by atoms with Crippen molar-refractivity contribution in [3.05, 3.63) is 39.3 Å². The fourth-order valence-corrected chi connectivity index (χ4v) is 5.45. The number of rotatable bonds is 2. The Kier molecular flexibility index (Phi) is 4.62. The second-order valence-corrected chi connectivity index (χ2v) is 9.44. The second-order valence-electron chi connectivity index (χ2n) is 8.66. The average Bonchev–Trinajstić information content (AvgIpc) is 3.24. The van der Waals surface area contributed by atoms with Crippen molar-refractivity contribution in [2.45, 2.75) is 70.6 Å². The summed E-state index contributed by atoms with van der Waals surface area (Å²) in [4.78, 5) is 4.60. The van der Waals surface area contributed by atoms with Crippen LogP contribution in [0.3, 0.4) is 0 Å². The van der Waals surface area contributed by atoms with Gasteiger partial charge in [0.15, 0.2) is 0 Å². The van der Waals surface area contributed by atoms with Crippen LogP contribution >= 0.6 is 11.3 Å². The predicted octanol–water partition coefficient (Wildman–Crippen LogP) is 6.49. The van der Waals surface area contributed by atoms with Crippen LogP contribution in [0.5, 0.6) is 0 Å². The molecule has 1 N–H and O–H groups in total. The predicted molar refractivity (Wildman–Crippen MR) is 101 cm³/mol. The molecular formula is C21H24F3NOS. The molecule has 2 aromatic rings. The first-order valence-corrected chi connectivity index (χ1v) is 10.5. The first-order valence-electron chi connectivity index (χ1n) is 9.52. The fraction of sp³-hybridized carbons (Fsp3) is 0.571. The Morgan fingerprint density at radius 1 is 1.22 bits per heavy atom. The summed E-state index contributed by atoms with van der Waals surface area (Å²) in [6, 6.07) is 1.72. The zero-order valence-electron chi connectivity index (χ0n) is 15.6. The zero-order chi connectivity index (χ0) is 19.4. The maximum absolute atomic E-state index is 14.3. The van der Waals surface area contributed by atoms with Crippen LogP contribution in [0.2, 0.25) is 0 Å². The van der Waals surface area contributed by atoms with Crippen LogP contribution in [-0.2, 0) is 12.6 Å². The second kappa shape index (κ2) is 6.59. The van der Waals surface area contributed by atoms with Crippen molar-refractivity contribution >= 4 is 11.3 Å². The van der Waals surface area contributed by atoms with Crippen molar-refractivity contribution in [2.75, 3.05) is 0 Å². The van der Waals surface area contributed by atoms with E-state index in [4.69, 9.17) is 0 Å². The summed E-state index contributed by atoms with van der Waals surface area (Å²) in [7, 11) is 0. The van der Waals surface area contributed by atoms with E-state index in [1.54, 1.807) is 16.8 Å². The van der Waals surface area contributed by atoms with Crippen LogP contribution in [0.25, 0.3) is 11.1 Å². The SMILES string of the molecule is CC1(C)Cc2nc(C3CCCC3)c(C(F)(F)F)c(-c3ccsc3)c2C(O)C1. The van der Waals surface area contributed by atoms with Crippen LogP contribution in [0.1, 0.15) is 80.5 Å². The Hall–Kier alpha value is -1.40. The number of hydrogen-bond donors (Lipinski definition) is 1. The number of halogens is 3. The minimum Gasteiger partial charge on any atom is -0.388 e. The normalized spacial score (nSPS) is 22.8. The molecule has 0 amide bonds. The largest absolute Gasteiger partial charge is 0.418 e. The van der Waals surface area contributed by atoms with Gasteiger partial charge in [-0.15, -0.1) is 0 Å². The smallest absolute Gasteiger partial charge is 0.388 e. The third-order valence-electron chi connectivity index (χ3n) is 5.90. The molecule has 6 heteroatoms. The Morgan fingerprint density at radius 3 is 2.52 bits per heavy atom. The Labute approximate surface area is 161 Å². The van der Waals surface area contributed by atoms with Gasteiger partial charge in [0.2, 0.25) is 0 Å². The van der Waals surface area contributed by atoms with E-state index >= 15 is 0 Å². The van der Waals surface area contributed by atoms with E-state index in [1.807, 2.05) is 13.8 Å². The summed E-state index contributed by atoms with van der Waals surface area (Å²) in [5.74, 6) is -0.147. The lowest BCUT2D eigenvalue weighted by Crippen LogP contribution is -2.29. The standard InChI is InChI=1S/C21H24F3NOS/c1-20(2)9-14-17(15(26)10-20)16(13-7-8-27-11-13)18(21(22,23)24)19(25-14)12-5-3-4-6-12/h7-8,11-12,15,26H,3-6,9-10H2,1-2H3. The van der Waals surface area contributed by atoms with Crippen molar-refractivity contribution in [1.82, 2.24) is 4.98 Å². The minimum absolute atomic E-state index is 0.147.